The molecule has 2 aromatic rings. The summed E-state index contributed by atoms with van der Waals surface area (Å²) in [6, 6.07) is 7.23. The Morgan fingerprint density at radius 3 is 2.88 bits per heavy atom. The van der Waals surface area contributed by atoms with E-state index in [4.69, 9.17) is 16.3 Å². The van der Waals surface area contributed by atoms with Gasteiger partial charge >= 0.3 is 0 Å². The molecule has 4 nitrogen and oxygen atoms in total. The summed E-state index contributed by atoms with van der Waals surface area (Å²) in [5.74, 6) is 0.514. The molecule has 0 unspecified atom stereocenters. The van der Waals surface area contributed by atoms with Crippen molar-refractivity contribution in [3.63, 3.8) is 0 Å². The van der Waals surface area contributed by atoms with Gasteiger partial charge in [0.1, 0.15) is 10.8 Å². The molecular formula is C11H10ClN3O. The van der Waals surface area contributed by atoms with Crippen LogP contribution in [0.5, 0.6) is 0 Å². The van der Waals surface area contributed by atoms with Crippen LogP contribution in [0.25, 0.3) is 11.5 Å². The number of methoxy groups -OCH3 is 1. The molecule has 0 aromatic carbocycles. The van der Waals surface area contributed by atoms with E-state index in [1.807, 2.05) is 18.2 Å². The van der Waals surface area contributed by atoms with Crippen molar-refractivity contribution in [2.75, 3.05) is 7.11 Å². The molecule has 82 valence electrons. The van der Waals surface area contributed by atoms with Gasteiger partial charge in [0, 0.05) is 13.3 Å². The van der Waals surface area contributed by atoms with Gasteiger partial charge in [0.25, 0.3) is 0 Å². The number of pyridine rings is 1. The Hall–Kier alpha value is -1.52. The molecule has 2 aromatic heterocycles. The maximum absolute atomic E-state index is 5.90. The molecule has 0 aliphatic carbocycles. The van der Waals surface area contributed by atoms with E-state index in [0.717, 1.165) is 5.69 Å². The van der Waals surface area contributed by atoms with Crippen LogP contribution in [0.2, 0.25) is 5.15 Å². The Morgan fingerprint density at radius 1 is 1.31 bits per heavy atom. The zero-order valence-electron chi connectivity index (χ0n) is 8.72. The summed E-state index contributed by atoms with van der Waals surface area (Å²) in [4.78, 5) is 12.6. The van der Waals surface area contributed by atoms with Crippen LogP contribution in [0.1, 0.15) is 5.69 Å². The second kappa shape index (κ2) is 5.01. The van der Waals surface area contributed by atoms with E-state index in [1.165, 1.54) is 0 Å². The minimum atomic E-state index is 0.391. The summed E-state index contributed by atoms with van der Waals surface area (Å²) in [5, 5.41) is 0.391. The number of rotatable bonds is 3. The van der Waals surface area contributed by atoms with E-state index < -0.39 is 0 Å². The Labute approximate surface area is 98.3 Å². The molecular weight excluding hydrogens is 226 g/mol. The first-order chi connectivity index (χ1) is 7.79. The minimum Gasteiger partial charge on any atom is -0.378 e. The Balaban J connectivity index is 2.41. The van der Waals surface area contributed by atoms with Gasteiger partial charge in [-0.15, -0.1) is 0 Å². The monoisotopic (exact) mass is 235 g/mol. The highest BCUT2D eigenvalue weighted by molar-refractivity contribution is 6.29. The normalized spacial score (nSPS) is 10.4. The quantitative estimate of drug-likeness (QED) is 0.767. The molecule has 0 spiro atoms. The highest BCUT2D eigenvalue weighted by atomic mass is 35.5. The zero-order valence-corrected chi connectivity index (χ0v) is 9.48. The van der Waals surface area contributed by atoms with Gasteiger partial charge in [-0.3, -0.25) is 4.98 Å². The first kappa shape index (κ1) is 11.0. The van der Waals surface area contributed by atoms with E-state index in [9.17, 15) is 0 Å². The van der Waals surface area contributed by atoms with Crippen LogP contribution in [-0.2, 0) is 11.3 Å². The number of hydrogen-bond donors (Lipinski definition) is 0. The molecule has 0 saturated heterocycles. The molecule has 0 atom stereocenters. The maximum atomic E-state index is 5.90. The summed E-state index contributed by atoms with van der Waals surface area (Å²) in [5.41, 5.74) is 1.44. The van der Waals surface area contributed by atoms with E-state index in [1.54, 1.807) is 19.4 Å². The SMILES string of the molecule is COCc1cc(Cl)nc(-c2ccccn2)n1. The van der Waals surface area contributed by atoms with Crippen molar-refractivity contribution in [3.8, 4) is 11.5 Å². The topological polar surface area (TPSA) is 47.9 Å². The number of hydrogen-bond acceptors (Lipinski definition) is 4. The fourth-order valence-electron chi connectivity index (χ4n) is 1.30. The van der Waals surface area contributed by atoms with Crippen LogP contribution in [-0.4, -0.2) is 22.1 Å². The average Bonchev–Trinajstić information content (AvgIpc) is 2.30. The van der Waals surface area contributed by atoms with Crippen LogP contribution < -0.4 is 0 Å². The van der Waals surface area contributed by atoms with Crippen LogP contribution in [0.15, 0.2) is 30.5 Å². The number of halogens is 1. The van der Waals surface area contributed by atoms with Crippen molar-refractivity contribution >= 4 is 11.6 Å². The summed E-state index contributed by atoms with van der Waals surface area (Å²) < 4.78 is 5.00. The standard InChI is InChI=1S/C11H10ClN3O/c1-16-7-8-6-10(12)15-11(14-8)9-4-2-3-5-13-9/h2-6H,7H2,1H3. The molecule has 2 heterocycles. The molecule has 0 radical (unpaired) electrons. The molecule has 2 rings (SSSR count). The Morgan fingerprint density at radius 2 is 2.19 bits per heavy atom. The third-order valence-electron chi connectivity index (χ3n) is 1.93. The van der Waals surface area contributed by atoms with E-state index >= 15 is 0 Å². The fourth-order valence-corrected chi connectivity index (χ4v) is 1.50. The molecule has 5 heteroatoms. The predicted octanol–water partition coefficient (Wildman–Crippen LogP) is 2.34. The van der Waals surface area contributed by atoms with Gasteiger partial charge in [-0.05, 0) is 18.2 Å². The smallest absolute Gasteiger partial charge is 0.179 e. The first-order valence-electron chi connectivity index (χ1n) is 4.73. The minimum absolute atomic E-state index is 0.391. The van der Waals surface area contributed by atoms with Crippen LogP contribution in [0.3, 0.4) is 0 Å². The van der Waals surface area contributed by atoms with Crippen molar-refractivity contribution in [1.29, 1.82) is 0 Å². The molecule has 0 aliphatic heterocycles. The number of aromatic nitrogens is 3. The molecule has 0 bridgehead atoms. The average molecular weight is 236 g/mol. The van der Waals surface area contributed by atoms with E-state index in [-0.39, 0.29) is 0 Å². The molecule has 0 N–H and O–H groups in total. The lowest BCUT2D eigenvalue weighted by Crippen LogP contribution is -1.98. The lowest BCUT2D eigenvalue weighted by molar-refractivity contribution is 0.181. The van der Waals surface area contributed by atoms with Crippen molar-refractivity contribution < 1.29 is 4.74 Å². The third kappa shape index (κ3) is 2.53. The second-order valence-corrected chi connectivity index (χ2v) is 3.54. The summed E-state index contributed by atoms with van der Waals surface area (Å²) in [6.07, 6.45) is 1.69. The summed E-state index contributed by atoms with van der Waals surface area (Å²) in [7, 11) is 1.61. The van der Waals surface area contributed by atoms with Crippen molar-refractivity contribution in [2.24, 2.45) is 0 Å². The van der Waals surface area contributed by atoms with Gasteiger partial charge in [-0.2, -0.15) is 0 Å². The fraction of sp³-hybridized carbons (Fsp3) is 0.182. The molecule has 16 heavy (non-hydrogen) atoms. The largest absolute Gasteiger partial charge is 0.378 e. The van der Waals surface area contributed by atoms with Crippen molar-refractivity contribution in [3.05, 3.63) is 41.3 Å². The first-order valence-corrected chi connectivity index (χ1v) is 5.11. The molecule has 0 aliphatic rings. The third-order valence-corrected chi connectivity index (χ3v) is 2.13. The van der Waals surface area contributed by atoms with Crippen molar-refractivity contribution in [1.82, 2.24) is 15.0 Å². The van der Waals surface area contributed by atoms with Gasteiger partial charge in [-0.25, -0.2) is 9.97 Å². The van der Waals surface area contributed by atoms with Crippen LogP contribution in [0, 0.1) is 0 Å². The van der Waals surface area contributed by atoms with E-state index in [2.05, 4.69) is 15.0 Å². The van der Waals surface area contributed by atoms with Crippen molar-refractivity contribution in [2.45, 2.75) is 6.61 Å². The Bertz CT molecular complexity index is 476. The molecule has 0 fully saturated rings. The number of nitrogens with zero attached hydrogens (tertiary/aromatic N) is 3. The predicted molar refractivity (Wildman–Crippen MR) is 61.0 cm³/mol. The second-order valence-electron chi connectivity index (χ2n) is 3.15. The highest BCUT2D eigenvalue weighted by Gasteiger charge is 2.06. The molecule has 0 amide bonds. The molecule has 0 saturated carbocycles. The highest BCUT2D eigenvalue weighted by Crippen LogP contribution is 2.15. The Kier molecular flexibility index (Phi) is 3.44. The number of ether oxygens (including phenoxy) is 1. The van der Waals surface area contributed by atoms with Gasteiger partial charge in [-0.1, -0.05) is 17.7 Å². The zero-order chi connectivity index (χ0) is 11.4. The van der Waals surface area contributed by atoms with Gasteiger partial charge in [0.05, 0.1) is 12.3 Å². The van der Waals surface area contributed by atoms with Crippen LogP contribution in [0.4, 0.5) is 0 Å². The maximum Gasteiger partial charge on any atom is 0.179 e. The lowest BCUT2D eigenvalue weighted by Gasteiger charge is -2.03. The summed E-state index contributed by atoms with van der Waals surface area (Å²) >= 11 is 5.90. The lowest BCUT2D eigenvalue weighted by atomic mass is 10.3. The van der Waals surface area contributed by atoms with Gasteiger partial charge in [0.15, 0.2) is 5.82 Å². The van der Waals surface area contributed by atoms with Gasteiger partial charge in [0.2, 0.25) is 0 Å². The summed E-state index contributed by atoms with van der Waals surface area (Å²) in [6.45, 7) is 0.405. The van der Waals surface area contributed by atoms with Crippen LogP contribution >= 0.6 is 11.6 Å². The van der Waals surface area contributed by atoms with Gasteiger partial charge < -0.3 is 4.74 Å². The van der Waals surface area contributed by atoms with E-state index in [0.29, 0.717) is 23.3 Å².